The van der Waals surface area contributed by atoms with E-state index in [0.717, 1.165) is 0 Å². The molecule has 0 radical (unpaired) electrons. The van der Waals surface area contributed by atoms with E-state index in [-0.39, 0.29) is 30.7 Å². The maximum absolute atomic E-state index is 13.6. The Morgan fingerprint density at radius 2 is 1.68 bits per heavy atom. The summed E-state index contributed by atoms with van der Waals surface area (Å²) in [6.45, 7) is 1.32. The zero-order chi connectivity index (χ0) is 24.2. The second-order valence-corrected chi connectivity index (χ2v) is 7.41. The van der Waals surface area contributed by atoms with Gasteiger partial charge in [0.25, 0.3) is 6.43 Å². The van der Waals surface area contributed by atoms with E-state index in [4.69, 9.17) is 10.5 Å². The summed E-state index contributed by atoms with van der Waals surface area (Å²) in [6, 6.07) is 13.4. The van der Waals surface area contributed by atoms with Crippen LogP contribution in [0.15, 0.2) is 54.6 Å². The highest BCUT2D eigenvalue weighted by Gasteiger charge is 2.21. The number of anilines is 1. The molecule has 1 aromatic carbocycles. The molecule has 4 rings (SSSR count). The van der Waals surface area contributed by atoms with Crippen molar-refractivity contribution < 1.29 is 23.0 Å². The highest BCUT2D eigenvalue weighted by Crippen LogP contribution is 2.39. The van der Waals surface area contributed by atoms with Crippen molar-refractivity contribution in [3.8, 4) is 28.3 Å². The SMILES string of the molecule is Cc1cc(-c2c(OCc3cccc(CO)n3)nc(N)nc2-c2ccc(F)cc2)cc(C(F)F)n1. The molecule has 0 aliphatic rings. The Labute approximate surface area is 193 Å². The van der Waals surface area contributed by atoms with Crippen LogP contribution >= 0.6 is 0 Å². The maximum atomic E-state index is 13.6. The molecule has 0 saturated heterocycles. The molecule has 0 spiro atoms. The van der Waals surface area contributed by atoms with Crippen molar-refractivity contribution in [2.24, 2.45) is 0 Å². The number of aryl methyl sites for hydroxylation is 1. The van der Waals surface area contributed by atoms with Crippen LogP contribution in [0.2, 0.25) is 0 Å². The standard InChI is InChI=1S/C24H20F3N5O2/c1-13-9-15(10-19(29-13)22(26)27)20-21(14-5-7-16(25)8-6-14)31-24(28)32-23(20)34-12-18-4-2-3-17(11-33)30-18/h2-10,22,33H,11-12H2,1H3,(H2,28,31,32). The van der Waals surface area contributed by atoms with Crippen LogP contribution in [0.1, 0.15) is 29.2 Å². The van der Waals surface area contributed by atoms with E-state index in [0.29, 0.717) is 33.8 Å². The van der Waals surface area contributed by atoms with Crippen molar-refractivity contribution in [3.05, 3.63) is 83.2 Å². The monoisotopic (exact) mass is 467 g/mol. The highest BCUT2D eigenvalue weighted by molar-refractivity contribution is 5.85. The Morgan fingerprint density at radius 3 is 2.38 bits per heavy atom. The average Bonchev–Trinajstić information content (AvgIpc) is 2.82. The Bertz CT molecular complexity index is 1320. The molecule has 0 bridgehead atoms. The minimum absolute atomic E-state index is 0.0358. The Hall–Kier alpha value is -4.05. The van der Waals surface area contributed by atoms with E-state index in [9.17, 15) is 18.3 Å². The summed E-state index contributed by atoms with van der Waals surface area (Å²) in [5.41, 5.74) is 8.26. The third-order valence-electron chi connectivity index (χ3n) is 4.88. The summed E-state index contributed by atoms with van der Waals surface area (Å²) < 4.78 is 46.5. The van der Waals surface area contributed by atoms with E-state index in [2.05, 4.69) is 19.9 Å². The van der Waals surface area contributed by atoms with Crippen molar-refractivity contribution in [3.63, 3.8) is 0 Å². The van der Waals surface area contributed by atoms with Gasteiger partial charge in [0.2, 0.25) is 11.8 Å². The van der Waals surface area contributed by atoms with E-state index < -0.39 is 17.9 Å². The number of halogens is 3. The smallest absolute Gasteiger partial charge is 0.280 e. The van der Waals surface area contributed by atoms with Gasteiger partial charge < -0.3 is 15.6 Å². The Balaban J connectivity index is 1.87. The first-order valence-electron chi connectivity index (χ1n) is 10.2. The molecule has 3 N–H and O–H groups in total. The molecule has 0 atom stereocenters. The van der Waals surface area contributed by atoms with Gasteiger partial charge in [0.1, 0.15) is 18.1 Å². The number of nitrogen functional groups attached to an aromatic ring is 1. The third-order valence-corrected chi connectivity index (χ3v) is 4.88. The molecule has 0 amide bonds. The van der Waals surface area contributed by atoms with Crippen LogP contribution in [0.5, 0.6) is 5.88 Å². The number of ether oxygens (including phenoxy) is 1. The molecule has 0 fully saturated rings. The summed E-state index contributed by atoms with van der Waals surface area (Å²) in [5.74, 6) is -0.526. The zero-order valence-electron chi connectivity index (χ0n) is 18.0. The van der Waals surface area contributed by atoms with Gasteiger partial charge in [-0.25, -0.2) is 18.2 Å². The fourth-order valence-electron chi connectivity index (χ4n) is 3.43. The molecular formula is C24H20F3N5O2. The molecule has 174 valence electrons. The zero-order valence-corrected chi connectivity index (χ0v) is 18.0. The molecule has 4 aromatic rings. The molecule has 0 aliphatic heterocycles. The largest absolute Gasteiger partial charge is 0.471 e. The number of pyridine rings is 2. The molecule has 3 aromatic heterocycles. The van der Waals surface area contributed by atoms with Crippen LogP contribution < -0.4 is 10.5 Å². The van der Waals surface area contributed by atoms with Gasteiger partial charge in [-0.15, -0.1) is 0 Å². The first-order chi connectivity index (χ1) is 16.3. The Kier molecular flexibility index (Phi) is 6.69. The molecule has 0 saturated carbocycles. The highest BCUT2D eigenvalue weighted by atomic mass is 19.3. The first kappa shape index (κ1) is 23.1. The molecule has 0 aliphatic carbocycles. The fraction of sp³-hybridized carbons (Fsp3) is 0.167. The summed E-state index contributed by atoms with van der Waals surface area (Å²) in [6.07, 6.45) is -2.79. The van der Waals surface area contributed by atoms with Gasteiger partial charge in [-0.1, -0.05) is 6.07 Å². The third kappa shape index (κ3) is 5.12. The summed E-state index contributed by atoms with van der Waals surface area (Å²) >= 11 is 0. The van der Waals surface area contributed by atoms with Crippen molar-refractivity contribution in [1.29, 1.82) is 0 Å². The number of benzene rings is 1. The molecule has 0 unspecified atom stereocenters. The van der Waals surface area contributed by atoms with Crippen LogP contribution in [-0.2, 0) is 13.2 Å². The topological polar surface area (TPSA) is 107 Å². The van der Waals surface area contributed by atoms with Gasteiger partial charge in [-0.2, -0.15) is 4.98 Å². The quantitative estimate of drug-likeness (QED) is 0.408. The summed E-state index contributed by atoms with van der Waals surface area (Å²) in [4.78, 5) is 16.7. The van der Waals surface area contributed by atoms with Gasteiger partial charge >= 0.3 is 0 Å². The van der Waals surface area contributed by atoms with E-state index in [1.165, 1.54) is 30.3 Å². The molecule has 7 nitrogen and oxygen atoms in total. The second-order valence-electron chi connectivity index (χ2n) is 7.41. The normalized spacial score (nSPS) is 11.1. The number of aliphatic hydroxyl groups is 1. The van der Waals surface area contributed by atoms with Crippen LogP contribution in [-0.4, -0.2) is 25.0 Å². The molecule has 10 heteroatoms. The average molecular weight is 467 g/mol. The van der Waals surface area contributed by atoms with Gasteiger partial charge in [0.05, 0.1) is 29.3 Å². The number of hydrogen-bond donors (Lipinski definition) is 2. The number of aliphatic hydroxyl groups excluding tert-OH is 1. The van der Waals surface area contributed by atoms with E-state index >= 15 is 0 Å². The minimum atomic E-state index is -2.79. The van der Waals surface area contributed by atoms with Gasteiger partial charge in [-0.05, 0) is 61.0 Å². The number of rotatable bonds is 7. The lowest BCUT2D eigenvalue weighted by Gasteiger charge is -2.16. The molecule has 3 heterocycles. The van der Waals surface area contributed by atoms with E-state index in [1.54, 1.807) is 31.2 Å². The number of aromatic nitrogens is 4. The maximum Gasteiger partial charge on any atom is 0.280 e. The van der Waals surface area contributed by atoms with Crippen LogP contribution in [0.25, 0.3) is 22.4 Å². The van der Waals surface area contributed by atoms with Crippen LogP contribution in [0.4, 0.5) is 19.1 Å². The number of nitrogens with two attached hydrogens (primary N) is 1. The lowest BCUT2D eigenvalue weighted by atomic mass is 9.99. The summed E-state index contributed by atoms with van der Waals surface area (Å²) in [5, 5.41) is 9.32. The van der Waals surface area contributed by atoms with Crippen LogP contribution in [0.3, 0.4) is 0 Å². The Morgan fingerprint density at radius 1 is 0.941 bits per heavy atom. The minimum Gasteiger partial charge on any atom is -0.471 e. The number of alkyl halides is 2. The van der Waals surface area contributed by atoms with Gasteiger partial charge in [0.15, 0.2) is 0 Å². The predicted molar refractivity (Wildman–Crippen MR) is 119 cm³/mol. The fourth-order valence-corrected chi connectivity index (χ4v) is 3.43. The van der Waals surface area contributed by atoms with Crippen LogP contribution in [0, 0.1) is 12.7 Å². The number of hydrogen-bond acceptors (Lipinski definition) is 7. The first-order valence-corrected chi connectivity index (χ1v) is 10.2. The molecule has 34 heavy (non-hydrogen) atoms. The van der Waals surface area contributed by atoms with Crippen molar-refractivity contribution in [2.75, 3.05) is 5.73 Å². The molecular weight excluding hydrogens is 447 g/mol. The lowest BCUT2D eigenvalue weighted by Crippen LogP contribution is -2.07. The second kappa shape index (κ2) is 9.84. The van der Waals surface area contributed by atoms with Crippen molar-refractivity contribution in [2.45, 2.75) is 26.6 Å². The van der Waals surface area contributed by atoms with Crippen molar-refractivity contribution in [1.82, 2.24) is 19.9 Å². The lowest BCUT2D eigenvalue weighted by molar-refractivity contribution is 0.146. The van der Waals surface area contributed by atoms with E-state index in [1.807, 2.05) is 0 Å². The number of nitrogens with zero attached hydrogens (tertiary/aromatic N) is 4. The van der Waals surface area contributed by atoms with Gasteiger partial charge in [0, 0.05) is 11.3 Å². The predicted octanol–water partition coefficient (Wildman–Crippen LogP) is 4.64. The van der Waals surface area contributed by atoms with Gasteiger partial charge in [-0.3, -0.25) is 9.97 Å². The van der Waals surface area contributed by atoms with Crippen molar-refractivity contribution >= 4 is 5.95 Å². The summed E-state index contributed by atoms with van der Waals surface area (Å²) in [7, 11) is 0.